The van der Waals surface area contributed by atoms with Crippen molar-refractivity contribution < 1.29 is 27.8 Å². The molecule has 0 saturated carbocycles. The lowest BCUT2D eigenvalue weighted by atomic mass is 10.1. The summed E-state index contributed by atoms with van der Waals surface area (Å²) in [6, 6.07) is 1.05. The first-order valence-electron chi connectivity index (χ1n) is 4.90. The maximum absolute atomic E-state index is 12.1. The van der Waals surface area contributed by atoms with Crippen molar-refractivity contribution in [2.24, 2.45) is 5.73 Å². The average Bonchev–Trinajstić information content (AvgIpc) is 2.19. The van der Waals surface area contributed by atoms with Crippen LogP contribution < -0.4 is 10.5 Å². The predicted octanol–water partition coefficient (Wildman–Crippen LogP) is 1.37. The van der Waals surface area contributed by atoms with Crippen molar-refractivity contribution >= 4 is 5.97 Å². The summed E-state index contributed by atoms with van der Waals surface area (Å²) in [6.45, 7) is 1.51. The molecule has 8 heteroatoms. The highest BCUT2D eigenvalue weighted by atomic mass is 19.4. The minimum absolute atomic E-state index is 0.00435. The smallest absolute Gasteiger partial charge is 0.481 e. The summed E-state index contributed by atoms with van der Waals surface area (Å²) in [5.74, 6) is -1.90. The van der Waals surface area contributed by atoms with Gasteiger partial charge in [-0.15, -0.1) is 13.2 Å². The topological polar surface area (TPSA) is 85.4 Å². The second-order valence-corrected chi connectivity index (χ2v) is 3.51. The predicted molar refractivity (Wildman–Crippen MR) is 54.9 cm³/mol. The van der Waals surface area contributed by atoms with Crippen molar-refractivity contribution in [2.45, 2.75) is 26.3 Å². The van der Waals surface area contributed by atoms with Crippen LogP contribution in [0.15, 0.2) is 6.07 Å². The number of pyridine rings is 1. The van der Waals surface area contributed by atoms with Gasteiger partial charge >= 0.3 is 12.3 Å². The third kappa shape index (κ3) is 3.88. The summed E-state index contributed by atoms with van der Waals surface area (Å²) in [5, 5.41) is 8.64. The van der Waals surface area contributed by atoms with Gasteiger partial charge in [0.1, 0.15) is 0 Å². The largest absolute Gasteiger partial charge is 0.574 e. The van der Waals surface area contributed by atoms with Crippen molar-refractivity contribution in [1.82, 2.24) is 4.98 Å². The van der Waals surface area contributed by atoms with E-state index in [1.807, 2.05) is 0 Å². The Bertz CT molecular complexity index is 460. The second kappa shape index (κ2) is 5.21. The van der Waals surface area contributed by atoms with Crippen LogP contribution in [0.4, 0.5) is 13.2 Å². The van der Waals surface area contributed by atoms with Gasteiger partial charge in [0.25, 0.3) is 0 Å². The fourth-order valence-corrected chi connectivity index (χ4v) is 1.39. The van der Waals surface area contributed by atoms with Gasteiger partial charge in [0.15, 0.2) is 0 Å². The third-order valence-corrected chi connectivity index (χ3v) is 2.22. The third-order valence-electron chi connectivity index (χ3n) is 2.22. The fourth-order valence-electron chi connectivity index (χ4n) is 1.39. The van der Waals surface area contributed by atoms with Gasteiger partial charge in [0, 0.05) is 12.6 Å². The van der Waals surface area contributed by atoms with Crippen molar-refractivity contribution in [1.29, 1.82) is 0 Å². The molecule has 0 aliphatic carbocycles. The number of hydrogen-bond acceptors (Lipinski definition) is 4. The number of halogens is 3. The molecule has 0 fully saturated rings. The van der Waals surface area contributed by atoms with Gasteiger partial charge in [-0.1, -0.05) is 0 Å². The van der Waals surface area contributed by atoms with E-state index in [9.17, 15) is 18.0 Å². The average molecular weight is 264 g/mol. The molecule has 0 aliphatic heterocycles. The zero-order valence-electron chi connectivity index (χ0n) is 9.41. The molecular formula is C10H11F3N2O3. The van der Waals surface area contributed by atoms with E-state index < -0.39 is 24.6 Å². The van der Waals surface area contributed by atoms with E-state index in [0.29, 0.717) is 11.1 Å². The van der Waals surface area contributed by atoms with Crippen LogP contribution in [0.2, 0.25) is 0 Å². The summed E-state index contributed by atoms with van der Waals surface area (Å²) in [4.78, 5) is 14.1. The number of carboxylic acids is 1. The zero-order valence-corrected chi connectivity index (χ0v) is 9.41. The number of rotatable bonds is 4. The Labute approximate surface area is 100 Å². The molecule has 0 aromatic carbocycles. The molecule has 0 atom stereocenters. The summed E-state index contributed by atoms with van der Waals surface area (Å²) in [5.41, 5.74) is 6.19. The van der Waals surface area contributed by atoms with Gasteiger partial charge in [-0.05, 0) is 18.1 Å². The Morgan fingerprint density at radius 2 is 2.17 bits per heavy atom. The number of aromatic nitrogens is 1. The molecule has 0 spiro atoms. The molecule has 0 radical (unpaired) electrons. The zero-order chi connectivity index (χ0) is 13.9. The minimum Gasteiger partial charge on any atom is -0.481 e. The number of aliphatic carboxylic acids is 1. The van der Waals surface area contributed by atoms with Gasteiger partial charge < -0.3 is 15.6 Å². The second-order valence-electron chi connectivity index (χ2n) is 3.51. The van der Waals surface area contributed by atoms with Crippen molar-refractivity contribution in [3.63, 3.8) is 0 Å². The number of ether oxygens (including phenoxy) is 1. The van der Waals surface area contributed by atoms with Crippen LogP contribution in [0.25, 0.3) is 0 Å². The lowest BCUT2D eigenvalue weighted by Crippen LogP contribution is -2.19. The molecule has 0 unspecified atom stereocenters. The number of carbonyl (C=O) groups is 1. The summed E-state index contributed by atoms with van der Waals surface area (Å²) in [6.07, 6.45) is -5.37. The van der Waals surface area contributed by atoms with E-state index >= 15 is 0 Å². The molecular weight excluding hydrogens is 253 g/mol. The van der Waals surface area contributed by atoms with Crippen molar-refractivity contribution in [3.8, 4) is 5.88 Å². The molecule has 0 amide bonds. The minimum atomic E-state index is -4.88. The number of nitrogens with zero attached hydrogens (tertiary/aromatic N) is 1. The molecule has 18 heavy (non-hydrogen) atoms. The van der Waals surface area contributed by atoms with Gasteiger partial charge in [0.05, 0.1) is 12.1 Å². The Balaban J connectivity index is 3.17. The first kappa shape index (κ1) is 14.2. The molecule has 3 N–H and O–H groups in total. The van der Waals surface area contributed by atoms with E-state index in [0.717, 1.165) is 6.07 Å². The number of nitrogens with two attached hydrogens (primary N) is 1. The summed E-state index contributed by atoms with van der Waals surface area (Å²) >= 11 is 0. The van der Waals surface area contributed by atoms with E-state index in [1.165, 1.54) is 0 Å². The molecule has 1 aromatic heterocycles. The highest BCUT2D eigenvalue weighted by Crippen LogP contribution is 2.24. The fraction of sp³-hybridized carbons (Fsp3) is 0.400. The van der Waals surface area contributed by atoms with Crippen LogP contribution in [0, 0.1) is 6.92 Å². The summed E-state index contributed by atoms with van der Waals surface area (Å²) < 4.78 is 39.8. The number of carboxylic acid groups (broad SMARTS) is 1. The Morgan fingerprint density at radius 1 is 1.56 bits per heavy atom. The monoisotopic (exact) mass is 264 g/mol. The normalized spacial score (nSPS) is 11.4. The summed E-state index contributed by atoms with van der Waals surface area (Å²) in [7, 11) is 0. The van der Waals surface area contributed by atoms with Crippen LogP contribution in [0.1, 0.15) is 16.8 Å². The van der Waals surface area contributed by atoms with Crippen LogP contribution in [0.3, 0.4) is 0 Å². The molecule has 1 heterocycles. The molecule has 5 nitrogen and oxygen atoms in total. The van der Waals surface area contributed by atoms with E-state index in [2.05, 4.69) is 9.72 Å². The SMILES string of the molecule is Cc1c(CN)cc(OC(F)(F)F)nc1CC(=O)O. The van der Waals surface area contributed by atoms with Gasteiger partial charge in [-0.2, -0.15) is 0 Å². The lowest BCUT2D eigenvalue weighted by molar-refractivity contribution is -0.276. The van der Waals surface area contributed by atoms with E-state index in [4.69, 9.17) is 10.8 Å². The Morgan fingerprint density at radius 3 is 2.61 bits per heavy atom. The van der Waals surface area contributed by atoms with Gasteiger partial charge in [-0.25, -0.2) is 4.98 Å². The van der Waals surface area contributed by atoms with Gasteiger partial charge in [0.2, 0.25) is 5.88 Å². The van der Waals surface area contributed by atoms with Crippen molar-refractivity contribution in [2.75, 3.05) is 0 Å². The van der Waals surface area contributed by atoms with Crippen LogP contribution in [0.5, 0.6) is 5.88 Å². The molecule has 0 aliphatic rings. The molecule has 0 saturated heterocycles. The first-order chi connectivity index (χ1) is 8.23. The number of hydrogen-bond donors (Lipinski definition) is 2. The van der Waals surface area contributed by atoms with Gasteiger partial charge in [-0.3, -0.25) is 4.79 Å². The molecule has 100 valence electrons. The Hall–Kier alpha value is -1.83. The molecule has 1 aromatic rings. The maximum Gasteiger partial charge on any atom is 0.574 e. The van der Waals surface area contributed by atoms with Crippen LogP contribution in [-0.4, -0.2) is 22.4 Å². The Kier molecular flexibility index (Phi) is 4.12. The van der Waals surface area contributed by atoms with Crippen LogP contribution >= 0.6 is 0 Å². The highest BCUT2D eigenvalue weighted by molar-refractivity contribution is 5.70. The highest BCUT2D eigenvalue weighted by Gasteiger charge is 2.32. The lowest BCUT2D eigenvalue weighted by Gasteiger charge is -2.13. The molecule has 1 rings (SSSR count). The molecule has 0 bridgehead atoms. The maximum atomic E-state index is 12.1. The van der Waals surface area contributed by atoms with Crippen LogP contribution in [-0.2, 0) is 17.8 Å². The number of alkyl halides is 3. The van der Waals surface area contributed by atoms with E-state index in [1.54, 1.807) is 6.92 Å². The standard InChI is InChI=1S/C10H11F3N2O3/c1-5-6(4-14)2-8(18-10(11,12)13)15-7(5)3-9(16)17/h2H,3-4,14H2,1H3,(H,16,17). The quantitative estimate of drug-likeness (QED) is 0.857. The first-order valence-corrected chi connectivity index (χ1v) is 4.90. The van der Waals surface area contributed by atoms with E-state index in [-0.39, 0.29) is 12.2 Å². The van der Waals surface area contributed by atoms with Crippen molar-refractivity contribution in [3.05, 3.63) is 22.9 Å².